The Balaban J connectivity index is 2.02. The maximum Gasteiger partial charge on any atom is 0.329 e. The van der Waals surface area contributed by atoms with Crippen LogP contribution in [0.25, 0.3) is 0 Å². The molecule has 1 heterocycles. The predicted molar refractivity (Wildman–Crippen MR) is 71.8 cm³/mol. The first-order valence-corrected chi connectivity index (χ1v) is 7.40. The van der Waals surface area contributed by atoms with Crippen molar-refractivity contribution >= 4 is 11.9 Å². The van der Waals surface area contributed by atoms with E-state index in [1.807, 2.05) is 0 Å². The summed E-state index contributed by atoms with van der Waals surface area (Å²) in [6.45, 7) is 1.69. The molecule has 0 aromatic rings. The fourth-order valence-electron chi connectivity index (χ4n) is 3.15. The second kappa shape index (κ2) is 6.37. The van der Waals surface area contributed by atoms with E-state index >= 15 is 0 Å². The summed E-state index contributed by atoms with van der Waals surface area (Å²) in [5, 5.41) is 15.6. The summed E-state index contributed by atoms with van der Waals surface area (Å²) in [5.41, 5.74) is -1.02. The summed E-state index contributed by atoms with van der Waals surface area (Å²) in [7, 11) is 0. The Morgan fingerprint density at radius 2 is 1.63 bits per heavy atom. The zero-order valence-electron chi connectivity index (χ0n) is 11.4. The van der Waals surface area contributed by atoms with Gasteiger partial charge in [0.15, 0.2) is 0 Å². The first kappa shape index (κ1) is 14.3. The van der Waals surface area contributed by atoms with E-state index in [4.69, 9.17) is 0 Å². The largest absolute Gasteiger partial charge is 0.480 e. The van der Waals surface area contributed by atoms with E-state index in [1.54, 1.807) is 0 Å². The molecule has 5 nitrogen and oxygen atoms in total. The van der Waals surface area contributed by atoms with E-state index < -0.39 is 11.5 Å². The second-order valence-electron chi connectivity index (χ2n) is 5.81. The lowest BCUT2D eigenvalue weighted by Gasteiger charge is -2.32. The standard InChI is InChI=1S/C14H24N2O3/c17-12(11-5-9-15-10-6-11)16-14(13(18)19)7-3-1-2-4-8-14/h11,15H,1-10H2,(H,16,17)(H,18,19). The molecular formula is C14H24N2O3. The van der Waals surface area contributed by atoms with Gasteiger partial charge in [0.05, 0.1) is 0 Å². The van der Waals surface area contributed by atoms with Crippen LogP contribution < -0.4 is 10.6 Å². The van der Waals surface area contributed by atoms with Gasteiger partial charge >= 0.3 is 5.97 Å². The predicted octanol–water partition coefficient (Wildman–Crippen LogP) is 1.28. The third-order valence-electron chi connectivity index (χ3n) is 4.44. The topological polar surface area (TPSA) is 78.4 Å². The smallest absolute Gasteiger partial charge is 0.329 e. The van der Waals surface area contributed by atoms with Gasteiger partial charge in [-0.05, 0) is 38.8 Å². The van der Waals surface area contributed by atoms with Crippen LogP contribution in [-0.2, 0) is 9.59 Å². The molecule has 0 aromatic heterocycles. The quantitative estimate of drug-likeness (QED) is 0.674. The third-order valence-corrected chi connectivity index (χ3v) is 4.44. The Morgan fingerprint density at radius 1 is 1.05 bits per heavy atom. The molecule has 0 bridgehead atoms. The second-order valence-corrected chi connectivity index (χ2v) is 5.81. The molecule has 0 spiro atoms. The molecule has 108 valence electrons. The third kappa shape index (κ3) is 3.47. The number of carboxylic acid groups (broad SMARTS) is 1. The van der Waals surface area contributed by atoms with Crippen LogP contribution in [0.3, 0.4) is 0 Å². The van der Waals surface area contributed by atoms with Gasteiger partial charge in [-0.2, -0.15) is 0 Å². The first-order chi connectivity index (χ1) is 9.14. The minimum absolute atomic E-state index is 0.0271. The average Bonchev–Trinajstić information content (AvgIpc) is 2.66. The van der Waals surface area contributed by atoms with Crippen molar-refractivity contribution in [2.75, 3.05) is 13.1 Å². The van der Waals surface area contributed by atoms with Crippen molar-refractivity contribution < 1.29 is 14.7 Å². The summed E-state index contributed by atoms with van der Waals surface area (Å²) in [4.78, 5) is 23.9. The molecule has 2 aliphatic rings. The van der Waals surface area contributed by atoms with Crippen LogP contribution in [0.1, 0.15) is 51.4 Å². The summed E-state index contributed by atoms with van der Waals surface area (Å²) in [5.74, 6) is -0.955. The molecule has 1 aliphatic heterocycles. The maximum absolute atomic E-state index is 12.3. The molecule has 0 aromatic carbocycles. The van der Waals surface area contributed by atoms with Crippen molar-refractivity contribution in [3.05, 3.63) is 0 Å². The molecule has 0 unspecified atom stereocenters. The number of nitrogens with one attached hydrogen (secondary N) is 2. The number of carbonyl (C=O) groups is 2. The number of carboxylic acids is 1. The zero-order chi connectivity index (χ0) is 13.7. The van der Waals surface area contributed by atoms with Crippen molar-refractivity contribution in [1.29, 1.82) is 0 Å². The van der Waals surface area contributed by atoms with Gasteiger partial charge in [0.1, 0.15) is 5.54 Å². The number of rotatable bonds is 3. The highest BCUT2D eigenvalue weighted by atomic mass is 16.4. The van der Waals surface area contributed by atoms with Crippen molar-refractivity contribution in [3.63, 3.8) is 0 Å². The van der Waals surface area contributed by atoms with Crippen LogP contribution in [0.4, 0.5) is 0 Å². The maximum atomic E-state index is 12.3. The van der Waals surface area contributed by atoms with Crippen LogP contribution in [0, 0.1) is 5.92 Å². The molecule has 2 fully saturated rings. The molecule has 1 aliphatic carbocycles. The van der Waals surface area contributed by atoms with Crippen LogP contribution in [-0.4, -0.2) is 35.6 Å². The molecule has 1 amide bonds. The minimum Gasteiger partial charge on any atom is -0.480 e. The summed E-state index contributed by atoms with van der Waals surface area (Å²) >= 11 is 0. The molecule has 2 rings (SSSR count). The summed E-state index contributed by atoms with van der Waals surface area (Å²) < 4.78 is 0. The van der Waals surface area contributed by atoms with Gasteiger partial charge in [0.25, 0.3) is 0 Å². The lowest BCUT2D eigenvalue weighted by atomic mass is 9.88. The van der Waals surface area contributed by atoms with Gasteiger partial charge in [0.2, 0.25) is 5.91 Å². The molecule has 3 N–H and O–H groups in total. The van der Waals surface area contributed by atoms with E-state index in [1.165, 1.54) is 0 Å². The number of hydrogen-bond donors (Lipinski definition) is 3. The Bertz CT molecular complexity index is 330. The molecule has 1 saturated carbocycles. The molecule has 1 saturated heterocycles. The Hall–Kier alpha value is -1.10. The van der Waals surface area contributed by atoms with Crippen LogP contribution in [0.2, 0.25) is 0 Å². The first-order valence-electron chi connectivity index (χ1n) is 7.40. The van der Waals surface area contributed by atoms with Crippen molar-refractivity contribution in [2.45, 2.75) is 56.9 Å². The molecule has 0 atom stereocenters. The average molecular weight is 268 g/mol. The van der Waals surface area contributed by atoms with Crippen LogP contribution in [0.15, 0.2) is 0 Å². The normalized spacial score (nSPS) is 24.4. The lowest BCUT2D eigenvalue weighted by Crippen LogP contribution is -2.56. The van der Waals surface area contributed by atoms with Crippen molar-refractivity contribution in [2.24, 2.45) is 5.92 Å². The van der Waals surface area contributed by atoms with Crippen molar-refractivity contribution in [3.8, 4) is 0 Å². The van der Waals surface area contributed by atoms with E-state index in [-0.39, 0.29) is 11.8 Å². The van der Waals surface area contributed by atoms with Gasteiger partial charge in [-0.1, -0.05) is 25.7 Å². The number of carbonyl (C=O) groups excluding carboxylic acids is 1. The van der Waals surface area contributed by atoms with Gasteiger partial charge in [-0.25, -0.2) is 4.79 Å². The molecule has 5 heteroatoms. The minimum atomic E-state index is -1.02. The van der Waals surface area contributed by atoms with E-state index in [2.05, 4.69) is 10.6 Å². The highest BCUT2D eigenvalue weighted by Crippen LogP contribution is 2.28. The fraction of sp³-hybridized carbons (Fsp3) is 0.857. The van der Waals surface area contributed by atoms with E-state index in [0.717, 1.165) is 51.6 Å². The number of piperidine rings is 1. The molecular weight excluding hydrogens is 244 g/mol. The summed E-state index contributed by atoms with van der Waals surface area (Å²) in [6.07, 6.45) is 6.66. The monoisotopic (exact) mass is 268 g/mol. The van der Waals surface area contributed by atoms with Crippen molar-refractivity contribution in [1.82, 2.24) is 10.6 Å². The van der Waals surface area contributed by atoms with Crippen LogP contribution >= 0.6 is 0 Å². The number of aliphatic carboxylic acids is 1. The zero-order valence-corrected chi connectivity index (χ0v) is 11.4. The number of amides is 1. The van der Waals surface area contributed by atoms with Crippen LogP contribution in [0.5, 0.6) is 0 Å². The highest BCUT2D eigenvalue weighted by molar-refractivity contribution is 5.88. The highest BCUT2D eigenvalue weighted by Gasteiger charge is 2.41. The van der Waals surface area contributed by atoms with E-state index in [9.17, 15) is 14.7 Å². The van der Waals surface area contributed by atoms with Gasteiger partial charge in [-0.15, -0.1) is 0 Å². The summed E-state index contributed by atoms with van der Waals surface area (Å²) in [6, 6.07) is 0. The van der Waals surface area contributed by atoms with E-state index in [0.29, 0.717) is 12.8 Å². The lowest BCUT2D eigenvalue weighted by molar-refractivity contribution is -0.149. The fourth-order valence-corrected chi connectivity index (χ4v) is 3.15. The Morgan fingerprint density at radius 3 is 2.16 bits per heavy atom. The number of hydrogen-bond acceptors (Lipinski definition) is 3. The van der Waals surface area contributed by atoms with Gasteiger partial charge in [-0.3, -0.25) is 4.79 Å². The van der Waals surface area contributed by atoms with Gasteiger partial charge in [0, 0.05) is 5.92 Å². The SMILES string of the molecule is O=C(NC1(C(=O)O)CCCCCC1)C1CCNCC1. The molecule has 19 heavy (non-hydrogen) atoms. The Kier molecular flexibility index (Phi) is 4.80. The van der Waals surface area contributed by atoms with Gasteiger partial charge < -0.3 is 15.7 Å². The Labute approximate surface area is 114 Å². The molecule has 0 radical (unpaired) electrons.